The van der Waals surface area contributed by atoms with Crippen LogP contribution in [0.2, 0.25) is 0 Å². The largest absolute Gasteiger partial charge is 0.361 e. The predicted molar refractivity (Wildman–Crippen MR) is 130 cm³/mol. The number of carbonyl (C=O) groups excluding carboxylic acids is 1. The van der Waals surface area contributed by atoms with E-state index in [9.17, 15) is 9.18 Å². The Labute approximate surface area is 192 Å². The van der Waals surface area contributed by atoms with E-state index < -0.39 is 0 Å². The summed E-state index contributed by atoms with van der Waals surface area (Å²) in [5, 5.41) is 10.2. The number of amides is 1. The number of hydrogen-bond donors (Lipinski definition) is 4. The molecule has 30 heavy (non-hydrogen) atoms. The molecule has 0 saturated carbocycles. The fourth-order valence-corrected chi connectivity index (χ4v) is 3.12. The van der Waals surface area contributed by atoms with Crippen molar-refractivity contribution in [1.29, 1.82) is 0 Å². The predicted octanol–water partition coefficient (Wildman–Crippen LogP) is 3.58. The van der Waals surface area contributed by atoms with Crippen molar-refractivity contribution >= 4 is 46.7 Å². The van der Waals surface area contributed by atoms with Crippen LogP contribution in [0.5, 0.6) is 0 Å². The van der Waals surface area contributed by atoms with Crippen molar-refractivity contribution in [1.82, 2.24) is 20.9 Å². The number of aromatic nitrogens is 1. The highest BCUT2D eigenvalue weighted by atomic mass is 127. The standard InChI is InChI=1S/C22H26FN5O.HI/c1-3-25-21(29)16-6-4-15(5-7-16)13-28-22(24-2)26-11-10-17-14-27-20-9-8-18(23)12-19(17)20;/h4-9,12,14,27H,3,10-11,13H2,1-2H3,(H,25,29)(H2,24,26,28);1H. The number of hydrogen-bond acceptors (Lipinski definition) is 2. The van der Waals surface area contributed by atoms with Gasteiger partial charge in [0.15, 0.2) is 5.96 Å². The summed E-state index contributed by atoms with van der Waals surface area (Å²) in [6.07, 6.45) is 2.66. The second-order valence-corrected chi connectivity index (χ2v) is 6.66. The molecule has 0 bridgehead atoms. The third-order valence-corrected chi connectivity index (χ3v) is 4.65. The summed E-state index contributed by atoms with van der Waals surface area (Å²) in [6.45, 7) is 3.76. The number of H-pyrrole nitrogens is 1. The number of benzene rings is 2. The SMILES string of the molecule is CCNC(=O)c1ccc(CNC(=NC)NCCc2c[nH]c3ccc(F)cc23)cc1.I. The van der Waals surface area contributed by atoms with Crippen molar-refractivity contribution in [2.75, 3.05) is 20.1 Å². The summed E-state index contributed by atoms with van der Waals surface area (Å²) in [6, 6.07) is 12.2. The van der Waals surface area contributed by atoms with Gasteiger partial charge < -0.3 is 20.9 Å². The molecule has 0 aliphatic rings. The molecule has 0 unspecified atom stereocenters. The summed E-state index contributed by atoms with van der Waals surface area (Å²) in [4.78, 5) is 19.2. The van der Waals surface area contributed by atoms with E-state index >= 15 is 0 Å². The Balaban J connectivity index is 0.00000320. The van der Waals surface area contributed by atoms with Crippen molar-refractivity contribution in [3.8, 4) is 0 Å². The summed E-state index contributed by atoms with van der Waals surface area (Å²) in [5.74, 6) is 0.382. The first-order chi connectivity index (χ1) is 14.1. The van der Waals surface area contributed by atoms with Crippen LogP contribution in [-0.2, 0) is 13.0 Å². The Morgan fingerprint density at radius 1 is 1.10 bits per heavy atom. The van der Waals surface area contributed by atoms with Crippen LogP contribution in [0, 0.1) is 5.82 Å². The van der Waals surface area contributed by atoms with Gasteiger partial charge in [-0.05, 0) is 54.8 Å². The smallest absolute Gasteiger partial charge is 0.251 e. The van der Waals surface area contributed by atoms with Gasteiger partial charge in [0.1, 0.15) is 5.82 Å². The first kappa shape index (κ1) is 23.7. The molecular formula is C22H27FIN5O. The number of aromatic amines is 1. The second kappa shape index (κ2) is 11.5. The van der Waals surface area contributed by atoms with Crippen molar-refractivity contribution in [2.45, 2.75) is 19.9 Å². The number of halogens is 2. The quantitative estimate of drug-likeness (QED) is 0.217. The molecule has 6 nitrogen and oxygen atoms in total. The zero-order valence-corrected chi connectivity index (χ0v) is 19.4. The molecule has 0 fully saturated rings. The minimum Gasteiger partial charge on any atom is -0.361 e. The minimum absolute atomic E-state index is 0. The fraction of sp³-hybridized carbons (Fsp3) is 0.273. The number of aliphatic imine (C=N–C) groups is 1. The third-order valence-electron chi connectivity index (χ3n) is 4.65. The van der Waals surface area contributed by atoms with E-state index in [4.69, 9.17) is 0 Å². The zero-order valence-electron chi connectivity index (χ0n) is 17.1. The van der Waals surface area contributed by atoms with Gasteiger partial charge in [-0.3, -0.25) is 9.79 Å². The number of fused-ring (bicyclic) bond motifs is 1. The van der Waals surface area contributed by atoms with E-state index in [2.05, 4.69) is 25.9 Å². The molecule has 1 amide bonds. The number of nitrogens with one attached hydrogen (secondary N) is 4. The average molecular weight is 523 g/mol. The van der Waals surface area contributed by atoms with Crippen LogP contribution in [0.4, 0.5) is 4.39 Å². The molecule has 3 aromatic rings. The molecule has 0 aliphatic carbocycles. The lowest BCUT2D eigenvalue weighted by atomic mass is 10.1. The Bertz CT molecular complexity index is 1000. The van der Waals surface area contributed by atoms with Crippen LogP contribution in [0.25, 0.3) is 10.9 Å². The zero-order chi connectivity index (χ0) is 20.6. The van der Waals surface area contributed by atoms with E-state index in [1.165, 1.54) is 6.07 Å². The highest BCUT2D eigenvalue weighted by Crippen LogP contribution is 2.19. The highest BCUT2D eigenvalue weighted by molar-refractivity contribution is 14.0. The maximum absolute atomic E-state index is 13.5. The van der Waals surface area contributed by atoms with Gasteiger partial charge in [-0.2, -0.15) is 0 Å². The van der Waals surface area contributed by atoms with E-state index in [1.54, 1.807) is 19.2 Å². The summed E-state index contributed by atoms with van der Waals surface area (Å²) < 4.78 is 13.5. The Kier molecular flexibility index (Phi) is 9.10. The number of guanidine groups is 1. The van der Waals surface area contributed by atoms with Crippen molar-refractivity contribution in [3.05, 3.63) is 71.2 Å². The first-order valence-corrected chi connectivity index (χ1v) is 9.68. The van der Waals surface area contributed by atoms with Gasteiger partial charge in [0.25, 0.3) is 5.91 Å². The van der Waals surface area contributed by atoms with Crippen LogP contribution >= 0.6 is 24.0 Å². The molecule has 0 saturated heterocycles. The fourth-order valence-electron chi connectivity index (χ4n) is 3.12. The molecule has 160 valence electrons. The molecular weight excluding hydrogens is 496 g/mol. The van der Waals surface area contributed by atoms with Gasteiger partial charge in [0, 0.05) is 49.3 Å². The number of rotatable bonds is 7. The van der Waals surface area contributed by atoms with Crippen LogP contribution in [0.1, 0.15) is 28.4 Å². The van der Waals surface area contributed by atoms with Crippen LogP contribution in [0.3, 0.4) is 0 Å². The van der Waals surface area contributed by atoms with Gasteiger partial charge >= 0.3 is 0 Å². The van der Waals surface area contributed by atoms with Crippen LogP contribution in [-0.4, -0.2) is 37.0 Å². The second-order valence-electron chi connectivity index (χ2n) is 6.66. The molecule has 0 radical (unpaired) electrons. The number of carbonyl (C=O) groups is 1. The first-order valence-electron chi connectivity index (χ1n) is 9.68. The van der Waals surface area contributed by atoms with E-state index in [0.29, 0.717) is 31.2 Å². The van der Waals surface area contributed by atoms with Crippen molar-refractivity contribution < 1.29 is 9.18 Å². The molecule has 1 aromatic heterocycles. The van der Waals surface area contributed by atoms with E-state index in [-0.39, 0.29) is 35.7 Å². The van der Waals surface area contributed by atoms with Crippen molar-refractivity contribution in [3.63, 3.8) is 0 Å². The maximum Gasteiger partial charge on any atom is 0.251 e. The van der Waals surface area contributed by atoms with Gasteiger partial charge in [-0.15, -0.1) is 24.0 Å². The van der Waals surface area contributed by atoms with Gasteiger partial charge in [0.2, 0.25) is 0 Å². The molecule has 1 heterocycles. The van der Waals surface area contributed by atoms with E-state index in [0.717, 1.165) is 28.5 Å². The normalized spacial score (nSPS) is 11.1. The third kappa shape index (κ3) is 6.19. The van der Waals surface area contributed by atoms with Crippen LogP contribution in [0.15, 0.2) is 53.7 Å². The van der Waals surface area contributed by atoms with Gasteiger partial charge in [0.05, 0.1) is 0 Å². The molecule has 2 aromatic carbocycles. The Hall–Kier alpha value is -2.62. The molecule has 0 aliphatic heterocycles. The molecule has 0 atom stereocenters. The molecule has 4 N–H and O–H groups in total. The molecule has 0 spiro atoms. The molecule has 8 heteroatoms. The minimum atomic E-state index is -0.234. The lowest BCUT2D eigenvalue weighted by Crippen LogP contribution is -2.37. The summed E-state index contributed by atoms with van der Waals surface area (Å²) >= 11 is 0. The number of nitrogens with zero attached hydrogens (tertiary/aromatic N) is 1. The highest BCUT2D eigenvalue weighted by Gasteiger charge is 2.06. The summed E-state index contributed by atoms with van der Waals surface area (Å²) in [7, 11) is 1.72. The molecule has 3 rings (SSSR count). The maximum atomic E-state index is 13.5. The van der Waals surface area contributed by atoms with E-state index in [1.807, 2.05) is 37.4 Å². The lowest BCUT2D eigenvalue weighted by Gasteiger charge is -2.12. The van der Waals surface area contributed by atoms with Gasteiger partial charge in [-0.1, -0.05) is 12.1 Å². The topological polar surface area (TPSA) is 81.3 Å². The van der Waals surface area contributed by atoms with Crippen LogP contribution < -0.4 is 16.0 Å². The Morgan fingerprint density at radius 2 is 1.87 bits per heavy atom. The Morgan fingerprint density at radius 3 is 2.57 bits per heavy atom. The monoisotopic (exact) mass is 523 g/mol. The van der Waals surface area contributed by atoms with Gasteiger partial charge in [-0.25, -0.2) is 4.39 Å². The average Bonchev–Trinajstić information content (AvgIpc) is 3.13. The van der Waals surface area contributed by atoms with Crippen molar-refractivity contribution in [2.24, 2.45) is 4.99 Å². The summed E-state index contributed by atoms with van der Waals surface area (Å²) in [5.41, 5.74) is 3.68. The lowest BCUT2D eigenvalue weighted by molar-refractivity contribution is 0.0956.